The number of aliphatic hydroxyl groups is 2. The zero-order chi connectivity index (χ0) is 23.3. The number of nitrogens with one attached hydrogen (secondary N) is 1. The monoisotopic (exact) mass is 449 g/mol. The minimum Gasteiger partial charge on any atom is -0.480 e. The van der Waals surface area contributed by atoms with Crippen molar-refractivity contribution in [2.24, 2.45) is 46.3 Å². The quantitative estimate of drug-likeness (QED) is 0.496. The first-order valence-corrected chi connectivity index (χ1v) is 12.9. The molecule has 6 nitrogen and oxygen atoms in total. The van der Waals surface area contributed by atoms with E-state index >= 15 is 0 Å². The van der Waals surface area contributed by atoms with Crippen molar-refractivity contribution in [3.8, 4) is 0 Å². The van der Waals surface area contributed by atoms with E-state index in [1.165, 1.54) is 12.8 Å². The summed E-state index contributed by atoms with van der Waals surface area (Å²) in [6.07, 6.45) is 9.12. The maximum atomic E-state index is 12.0. The van der Waals surface area contributed by atoms with Gasteiger partial charge < -0.3 is 20.6 Å². The third-order valence-electron chi connectivity index (χ3n) is 10.8. The molecule has 0 unspecified atom stereocenters. The van der Waals surface area contributed by atoms with Gasteiger partial charge in [0.1, 0.15) is 6.54 Å². The molecular formula is C26H43NO5. The zero-order valence-electron chi connectivity index (χ0n) is 20.1. The molecule has 0 radical (unpaired) electrons. The van der Waals surface area contributed by atoms with Crippen LogP contribution in [0.4, 0.5) is 0 Å². The van der Waals surface area contributed by atoms with E-state index in [-0.39, 0.29) is 35.5 Å². The lowest BCUT2D eigenvalue weighted by Crippen LogP contribution is -2.58. The largest absolute Gasteiger partial charge is 0.480 e. The van der Waals surface area contributed by atoms with Crippen LogP contribution in [0, 0.1) is 46.3 Å². The first-order valence-electron chi connectivity index (χ1n) is 12.9. The van der Waals surface area contributed by atoms with Gasteiger partial charge in [0.2, 0.25) is 5.91 Å². The number of hydrogen-bond acceptors (Lipinski definition) is 4. The molecule has 4 N–H and O–H groups in total. The minimum absolute atomic E-state index is 0.102. The summed E-state index contributed by atoms with van der Waals surface area (Å²) in [5.41, 5.74) is 0.145. The highest BCUT2D eigenvalue weighted by Gasteiger charge is 2.63. The number of amides is 1. The van der Waals surface area contributed by atoms with Gasteiger partial charge in [-0.05, 0) is 104 Å². The SMILES string of the molecule is C[C@H](CCC(=O)NCC(=O)O)[C@H]1CC[C@H]2[C@@H]3CC[C@H]4C[C@H](O)CC[C@]4(C)[C@H]3C[C@H](O)[C@]12C. The number of aliphatic carboxylic acids is 1. The van der Waals surface area contributed by atoms with Gasteiger partial charge in [0, 0.05) is 6.42 Å². The molecule has 4 aliphatic rings. The number of carbonyl (C=O) groups excluding carboxylic acids is 1. The lowest BCUT2D eigenvalue weighted by molar-refractivity contribution is -0.175. The van der Waals surface area contributed by atoms with E-state index in [4.69, 9.17) is 5.11 Å². The van der Waals surface area contributed by atoms with E-state index in [0.29, 0.717) is 41.9 Å². The molecule has 0 aliphatic heterocycles. The normalized spacial score (nSPS) is 46.5. The number of carboxylic acid groups (broad SMARTS) is 1. The second-order valence-electron chi connectivity index (χ2n) is 12.1. The Morgan fingerprint density at radius 2 is 1.78 bits per heavy atom. The first-order chi connectivity index (χ1) is 15.1. The predicted molar refractivity (Wildman–Crippen MR) is 122 cm³/mol. The maximum Gasteiger partial charge on any atom is 0.322 e. The summed E-state index contributed by atoms with van der Waals surface area (Å²) in [4.78, 5) is 22.7. The summed E-state index contributed by atoms with van der Waals surface area (Å²) >= 11 is 0. The Balaban J connectivity index is 1.45. The first kappa shape index (κ1) is 24.0. The molecule has 0 aromatic heterocycles. The van der Waals surface area contributed by atoms with Gasteiger partial charge in [0.25, 0.3) is 0 Å². The van der Waals surface area contributed by atoms with Crippen LogP contribution in [0.5, 0.6) is 0 Å². The van der Waals surface area contributed by atoms with Crippen LogP contribution in [0.25, 0.3) is 0 Å². The molecule has 1 amide bonds. The highest BCUT2D eigenvalue weighted by atomic mass is 16.4. The van der Waals surface area contributed by atoms with Crippen molar-refractivity contribution < 1.29 is 24.9 Å². The Hall–Kier alpha value is -1.14. The second kappa shape index (κ2) is 8.90. The number of carbonyl (C=O) groups is 2. The van der Waals surface area contributed by atoms with Crippen LogP contribution < -0.4 is 5.32 Å². The van der Waals surface area contributed by atoms with Crippen LogP contribution in [-0.4, -0.2) is 45.9 Å². The van der Waals surface area contributed by atoms with Crippen molar-refractivity contribution >= 4 is 11.9 Å². The predicted octanol–water partition coefficient (Wildman–Crippen LogP) is 3.59. The molecule has 4 rings (SSSR count). The summed E-state index contributed by atoms with van der Waals surface area (Å²) in [6, 6.07) is 0. The molecule has 0 aromatic carbocycles. The molecule has 0 aromatic rings. The van der Waals surface area contributed by atoms with Gasteiger partial charge in [-0.3, -0.25) is 9.59 Å². The van der Waals surface area contributed by atoms with Gasteiger partial charge in [-0.2, -0.15) is 0 Å². The molecule has 4 fully saturated rings. The zero-order valence-corrected chi connectivity index (χ0v) is 20.1. The highest BCUT2D eigenvalue weighted by Crippen LogP contribution is 2.68. The minimum atomic E-state index is -1.02. The third-order valence-corrected chi connectivity index (χ3v) is 10.8. The molecule has 0 saturated heterocycles. The van der Waals surface area contributed by atoms with Crippen molar-refractivity contribution in [1.82, 2.24) is 5.32 Å². The Morgan fingerprint density at radius 3 is 2.50 bits per heavy atom. The van der Waals surface area contributed by atoms with Gasteiger partial charge in [0.15, 0.2) is 0 Å². The molecule has 6 heteroatoms. The van der Waals surface area contributed by atoms with E-state index in [2.05, 4.69) is 26.1 Å². The number of rotatable bonds is 6. The average Bonchev–Trinajstić information content (AvgIpc) is 3.10. The third kappa shape index (κ3) is 4.00. The number of fused-ring (bicyclic) bond motifs is 5. The topological polar surface area (TPSA) is 107 Å². The lowest BCUT2D eigenvalue weighted by atomic mass is 9.43. The molecule has 32 heavy (non-hydrogen) atoms. The fraction of sp³-hybridized carbons (Fsp3) is 0.923. The van der Waals surface area contributed by atoms with Crippen molar-refractivity contribution in [3.63, 3.8) is 0 Å². The summed E-state index contributed by atoms with van der Waals surface area (Å²) in [7, 11) is 0. The van der Waals surface area contributed by atoms with Gasteiger partial charge in [0.05, 0.1) is 12.2 Å². The number of carboxylic acids is 1. The molecule has 4 aliphatic carbocycles. The van der Waals surface area contributed by atoms with E-state index in [1.807, 2.05) is 0 Å². The van der Waals surface area contributed by atoms with Crippen LogP contribution in [0.15, 0.2) is 0 Å². The van der Waals surface area contributed by atoms with Crippen molar-refractivity contribution in [3.05, 3.63) is 0 Å². The number of aliphatic hydroxyl groups excluding tert-OH is 2. The van der Waals surface area contributed by atoms with Gasteiger partial charge in [-0.1, -0.05) is 20.8 Å². The summed E-state index contributed by atoms with van der Waals surface area (Å²) in [6.45, 7) is 6.65. The van der Waals surface area contributed by atoms with Crippen LogP contribution >= 0.6 is 0 Å². The van der Waals surface area contributed by atoms with Gasteiger partial charge in [-0.15, -0.1) is 0 Å². The standard InChI is InChI=1S/C26H43NO5/c1-15(4-9-23(30)27-14-24(31)32)19-7-8-20-18-6-5-16-12-17(28)10-11-25(16,2)21(18)13-22(29)26(19,20)3/h15-22,28-29H,4-14H2,1-3H3,(H,27,30)(H,31,32)/t15-,16+,17-,18+,19-,20+,21+,22+,25+,26-/m1/s1. The highest BCUT2D eigenvalue weighted by molar-refractivity contribution is 5.81. The van der Waals surface area contributed by atoms with E-state index in [1.54, 1.807) is 0 Å². The molecule has 182 valence electrons. The van der Waals surface area contributed by atoms with Crippen LogP contribution in [-0.2, 0) is 9.59 Å². The van der Waals surface area contributed by atoms with Crippen LogP contribution in [0.3, 0.4) is 0 Å². The van der Waals surface area contributed by atoms with E-state index in [0.717, 1.165) is 44.9 Å². The molecule has 10 atom stereocenters. The Bertz CT molecular complexity index is 727. The van der Waals surface area contributed by atoms with Crippen molar-refractivity contribution in [1.29, 1.82) is 0 Å². The van der Waals surface area contributed by atoms with Crippen molar-refractivity contribution in [2.75, 3.05) is 6.54 Å². The molecular weight excluding hydrogens is 406 g/mol. The Kier molecular flexibility index (Phi) is 6.68. The maximum absolute atomic E-state index is 12.0. The van der Waals surface area contributed by atoms with Crippen LogP contribution in [0.1, 0.15) is 85.0 Å². The average molecular weight is 450 g/mol. The summed E-state index contributed by atoms with van der Waals surface area (Å²) in [5.74, 6) is 1.84. The summed E-state index contributed by atoms with van der Waals surface area (Å²) in [5, 5.41) is 33.0. The second-order valence-corrected chi connectivity index (χ2v) is 12.1. The Morgan fingerprint density at radius 1 is 1.03 bits per heavy atom. The van der Waals surface area contributed by atoms with E-state index < -0.39 is 5.97 Å². The molecule has 0 heterocycles. The Labute approximate surface area is 192 Å². The molecule has 0 bridgehead atoms. The van der Waals surface area contributed by atoms with E-state index in [9.17, 15) is 19.8 Å². The fourth-order valence-electron chi connectivity index (χ4n) is 8.98. The molecule has 4 saturated carbocycles. The van der Waals surface area contributed by atoms with Gasteiger partial charge >= 0.3 is 5.97 Å². The fourth-order valence-corrected chi connectivity index (χ4v) is 8.98. The lowest BCUT2D eigenvalue weighted by Gasteiger charge is -2.62. The molecule has 0 spiro atoms. The van der Waals surface area contributed by atoms with Crippen LogP contribution in [0.2, 0.25) is 0 Å². The summed E-state index contributed by atoms with van der Waals surface area (Å²) < 4.78 is 0. The van der Waals surface area contributed by atoms with Crippen molar-refractivity contribution in [2.45, 2.75) is 97.2 Å². The number of hydrogen-bond donors (Lipinski definition) is 4. The smallest absolute Gasteiger partial charge is 0.322 e. The van der Waals surface area contributed by atoms with Gasteiger partial charge in [-0.25, -0.2) is 0 Å².